The number of hydrogen-bond acceptors (Lipinski definition) is 3. The number of carboxylic acid groups (broad SMARTS) is 1. The molecular weight excluding hydrogens is 242 g/mol. The highest BCUT2D eigenvalue weighted by molar-refractivity contribution is 6.31. The molecule has 1 aliphatic heterocycles. The number of halogens is 1. The first kappa shape index (κ1) is 11.9. The summed E-state index contributed by atoms with van der Waals surface area (Å²) < 4.78 is 0. The second-order valence-corrected chi connectivity index (χ2v) is 4.57. The number of hydrogen-bond donors (Lipinski definition) is 0. The Balaban J connectivity index is 2.26. The molecule has 1 aromatic rings. The quantitative estimate of drug-likeness (QED) is 0.780. The average Bonchev–Trinajstić information content (AvgIpc) is 2.65. The van der Waals surface area contributed by atoms with Crippen LogP contribution in [0, 0.1) is 12.8 Å². The number of aryl methyl sites for hydroxylation is 1. The van der Waals surface area contributed by atoms with E-state index >= 15 is 0 Å². The molecule has 0 aliphatic carbocycles. The summed E-state index contributed by atoms with van der Waals surface area (Å²) in [7, 11) is 0. The summed E-state index contributed by atoms with van der Waals surface area (Å²) in [4.78, 5) is 23.8. The molecule has 5 heteroatoms. The summed E-state index contributed by atoms with van der Waals surface area (Å²) in [5.41, 5.74) is 1.55. The smallest absolute Gasteiger partial charge is 0.227 e. The minimum atomic E-state index is -1.18. The third-order valence-corrected chi connectivity index (χ3v) is 3.33. The fourth-order valence-electron chi connectivity index (χ4n) is 1.86. The standard InChI is InChI=1S/C12H12ClNO3/c1-7-2-3-9(5-10(7)13)14-6-8(12(16)17)4-11(14)15/h2-3,5,8H,4,6H2,1H3,(H,16,17)/p-1/t8-/m1/s1. The van der Waals surface area contributed by atoms with Gasteiger partial charge in [-0.1, -0.05) is 17.7 Å². The van der Waals surface area contributed by atoms with Gasteiger partial charge < -0.3 is 14.8 Å². The molecule has 1 aromatic carbocycles. The molecule has 17 heavy (non-hydrogen) atoms. The molecule has 4 nitrogen and oxygen atoms in total. The van der Waals surface area contributed by atoms with Crippen LogP contribution < -0.4 is 10.0 Å². The molecular formula is C12H11ClNO3-. The van der Waals surface area contributed by atoms with E-state index in [-0.39, 0.29) is 18.9 Å². The molecule has 0 aromatic heterocycles. The van der Waals surface area contributed by atoms with Crippen molar-refractivity contribution in [1.29, 1.82) is 0 Å². The molecule has 1 fully saturated rings. The van der Waals surface area contributed by atoms with E-state index in [4.69, 9.17) is 11.6 Å². The number of amides is 1. The molecule has 0 saturated carbocycles. The summed E-state index contributed by atoms with van der Waals surface area (Å²) in [6.45, 7) is 2.02. The van der Waals surface area contributed by atoms with Crippen LogP contribution in [-0.4, -0.2) is 18.4 Å². The number of carbonyl (C=O) groups excluding carboxylic acids is 2. The van der Waals surface area contributed by atoms with Crippen molar-refractivity contribution in [2.45, 2.75) is 13.3 Å². The van der Waals surface area contributed by atoms with Gasteiger partial charge in [0.15, 0.2) is 0 Å². The van der Waals surface area contributed by atoms with E-state index < -0.39 is 11.9 Å². The molecule has 0 bridgehead atoms. The Bertz CT molecular complexity index is 487. The van der Waals surface area contributed by atoms with Crippen LogP contribution in [0.5, 0.6) is 0 Å². The molecule has 1 amide bonds. The third-order valence-electron chi connectivity index (χ3n) is 2.93. The monoisotopic (exact) mass is 252 g/mol. The molecule has 1 saturated heterocycles. The van der Waals surface area contributed by atoms with Crippen LogP contribution >= 0.6 is 11.6 Å². The van der Waals surface area contributed by atoms with Crippen LogP contribution in [0.1, 0.15) is 12.0 Å². The zero-order valence-corrected chi connectivity index (χ0v) is 10.0. The molecule has 0 radical (unpaired) electrons. The van der Waals surface area contributed by atoms with Gasteiger partial charge in [-0.3, -0.25) is 4.79 Å². The fraction of sp³-hybridized carbons (Fsp3) is 0.333. The maximum atomic E-state index is 11.7. The van der Waals surface area contributed by atoms with Crippen molar-refractivity contribution in [3.8, 4) is 0 Å². The predicted octanol–water partition coefficient (Wildman–Crippen LogP) is 0.751. The minimum Gasteiger partial charge on any atom is -0.550 e. The van der Waals surface area contributed by atoms with Crippen LogP contribution in [0.2, 0.25) is 5.02 Å². The van der Waals surface area contributed by atoms with E-state index in [1.165, 1.54) is 4.90 Å². The topological polar surface area (TPSA) is 60.4 Å². The van der Waals surface area contributed by atoms with Crippen molar-refractivity contribution >= 4 is 29.2 Å². The normalized spacial score (nSPS) is 19.8. The highest BCUT2D eigenvalue weighted by Gasteiger charge is 2.31. The van der Waals surface area contributed by atoms with Gasteiger partial charge in [0.1, 0.15) is 0 Å². The molecule has 90 valence electrons. The van der Waals surface area contributed by atoms with Gasteiger partial charge in [0.25, 0.3) is 0 Å². The number of rotatable bonds is 2. The Morgan fingerprint density at radius 3 is 2.76 bits per heavy atom. The van der Waals surface area contributed by atoms with Crippen molar-refractivity contribution < 1.29 is 14.7 Å². The van der Waals surface area contributed by atoms with Crippen LogP contribution in [0.3, 0.4) is 0 Å². The molecule has 1 heterocycles. The maximum absolute atomic E-state index is 11.7. The lowest BCUT2D eigenvalue weighted by Gasteiger charge is -2.17. The summed E-state index contributed by atoms with van der Waals surface area (Å²) in [6, 6.07) is 5.24. The number of nitrogens with zero attached hydrogens (tertiary/aromatic N) is 1. The zero-order valence-electron chi connectivity index (χ0n) is 9.27. The van der Waals surface area contributed by atoms with Crippen LogP contribution in [0.25, 0.3) is 0 Å². The lowest BCUT2D eigenvalue weighted by Crippen LogP contribution is -2.33. The Labute approximate surface area is 104 Å². The average molecular weight is 253 g/mol. The first-order valence-electron chi connectivity index (χ1n) is 5.26. The van der Waals surface area contributed by atoms with Crippen molar-refractivity contribution in [2.24, 2.45) is 5.92 Å². The van der Waals surface area contributed by atoms with Gasteiger partial charge >= 0.3 is 0 Å². The van der Waals surface area contributed by atoms with Crippen molar-refractivity contribution in [3.05, 3.63) is 28.8 Å². The van der Waals surface area contributed by atoms with E-state index in [1.807, 2.05) is 6.92 Å². The lowest BCUT2D eigenvalue weighted by molar-refractivity contribution is -0.310. The number of anilines is 1. The predicted molar refractivity (Wildman–Crippen MR) is 61.7 cm³/mol. The maximum Gasteiger partial charge on any atom is 0.227 e. The first-order chi connectivity index (χ1) is 7.99. The van der Waals surface area contributed by atoms with Crippen molar-refractivity contribution in [1.82, 2.24) is 0 Å². The number of aliphatic carboxylic acids is 1. The summed E-state index contributed by atoms with van der Waals surface area (Å²) in [5.74, 6) is -2.12. The van der Waals surface area contributed by atoms with Crippen LogP contribution in [-0.2, 0) is 9.59 Å². The second kappa shape index (κ2) is 4.37. The highest BCUT2D eigenvalue weighted by Crippen LogP contribution is 2.28. The summed E-state index contributed by atoms with van der Waals surface area (Å²) >= 11 is 5.97. The van der Waals surface area contributed by atoms with Gasteiger partial charge in [-0.25, -0.2) is 0 Å². The zero-order chi connectivity index (χ0) is 12.6. The van der Waals surface area contributed by atoms with Crippen molar-refractivity contribution in [2.75, 3.05) is 11.4 Å². The minimum absolute atomic E-state index is 0.00612. The Hall–Kier alpha value is -1.55. The number of carbonyl (C=O) groups is 2. The van der Waals surface area contributed by atoms with Crippen molar-refractivity contribution in [3.63, 3.8) is 0 Å². The van der Waals surface area contributed by atoms with E-state index in [0.29, 0.717) is 10.7 Å². The molecule has 0 spiro atoms. The number of benzene rings is 1. The Kier molecular flexibility index (Phi) is 3.07. The van der Waals surface area contributed by atoms with Crippen LogP contribution in [0.4, 0.5) is 5.69 Å². The highest BCUT2D eigenvalue weighted by atomic mass is 35.5. The Morgan fingerprint density at radius 2 is 2.24 bits per heavy atom. The van der Waals surface area contributed by atoms with Gasteiger partial charge in [0, 0.05) is 35.6 Å². The molecule has 1 aliphatic rings. The van der Waals surface area contributed by atoms with E-state index in [0.717, 1.165) is 5.56 Å². The van der Waals surface area contributed by atoms with Gasteiger partial charge in [0.05, 0.1) is 0 Å². The number of carboxylic acids is 1. The lowest BCUT2D eigenvalue weighted by atomic mass is 10.1. The van der Waals surface area contributed by atoms with E-state index in [2.05, 4.69) is 0 Å². The van der Waals surface area contributed by atoms with Gasteiger partial charge in [-0.05, 0) is 24.6 Å². The molecule has 2 rings (SSSR count). The summed E-state index contributed by atoms with van der Waals surface area (Å²) in [6.07, 6.45) is -0.00612. The molecule has 0 N–H and O–H groups in total. The Morgan fingerprint density at radius 1 is 1.53 bits per heavy atom. The van der Waals surface area contributed by atoms with Gasteiger partial charge in [0.2, 0.25) is 5.91 Å². The SMILES string of the molecule is Cc1ccc(N2C[C@H](C(=O)[O-])CC2=O)cc1Cl. The van der Waals surface area contributed by atoms with E-state index in [9.17, 15) is 14.7 Å². The second-order valence-electron chi connectivity index (χ2n) is 4.16. The third kappa shape index (κ3) is 2.26. The molecule has 1 atom stereocenters. The van der Waals surface area contributed by atoms with Gasteiger partial charge in [-0.15, -0.1) is 0 Å². The van der Waals surface area contributed by atoms with Gasteiger partial charge in [-0.2, -0.15) is 0 Å². The fourth-order valence-corrected chi connectivity index (χ4v) is 2.04. The summed E-state index contributed by atoms with van der Waals surface area (Å²) in [5, 5.41) is 11.3. The van der Waals surface area contributed by atoms with E-state index in [1.54, 1.807) is 18.2 Å². The largest absolute Gasteiger partial charge is 0.550 e. The molecule has 0 unspecified atom stereocenters. The van der Waals surface area contributed by atoms with Crippen LogP contribution in [0.15, 0.2) is 18.2 Å². The first-order valence-corrected chi connectivity index (χ1v) is 5.64.